The van der Waals surface area contributed by atoms with Crippen LogP contribution >= 0.6 is 0 Å². The van der Waals surface area contributed by atoms with E-state index in [1.165, 1.54) is 6.39 Å². The number of oxazole rings is 1. The summed E-state index contributed by atoms with van der Waals surface area (Å²) in [6, 6.07) is 0. The molecule has 0 unspecified atom stereocenters. The number of rotatable bonds is 4. The molecule has 1 heterocycles. The summed E-state index contributed by atoms with van der Waals surface area (Å²) in [6.07, 6.45) is 2.23. The fourth-order valence-electron chi connectivity index (χ4n) is 1.15. The van der Waals surface area contributed by atoms with Gasteiger partial charge in [0.2, 0.25) is 5.76 Å². The number of hydrogen-bond acceptors (Lipinski definition) is 3. The highest BCUT2D eigenvalue weighted by Gasteiger charge is 2.18. The van der Waals surface area contributed by atoms with Gasteiger partial charge in [-0.2, -0.15) is 0 Å². The molecule has 4 nitrogen and oxygen atoms in total. The van der Waals surface area contributed by atoms with Crippen LogP contribution in [-0.2, 0) is 0 Å². The lowest BCUT2D eigenvalue weighted by atomic mass is 10.1. The van der Waals surface area contributed by atoms with E-state index < -0.39 is 0 Å². The van der Waals surface area contributed by atoms with E-state index in [0.29, 0.717) is 12.3 Å². The third-order valence-electron chi connectivity index (χ3n) is 1.88. The van der Waals surface area contributed by atoms with Gasteiger partial charge in [-0.05, 0) is 12.3 Å². The Morgan fingerprint density at radius 1 is 1.64 bits per heavy atom. The first kappa shape index (κ1) is 10.8. The Morgan fingerprint density at radius 2 is 2.36 bits per heavy atom. The Kier molecular flexibility index (Phi) is 3.68. The maximum Gasteiger partial charge on any atom is 0.289 e. The van der Waals surface area contributed by atoms with Crippen molar-refractivity contribution in [3.63, 3.8) is 0 Å². The Balaban J connectivity index is 2.74. The molecule has 0 spiro atoms. The van der Waals surface area contributed by atoms with Crippen LogP contribution in [0.3, 0.4) is 0 Å². The molecule has 1 amide bonds. The summed E-state index contributed by atoms with van der Waals surface area (Å²) in [5.74, 6) is 0.373. The van der Waals surface area contributed by atoms with E-state index in [1.807, 2.05) is 20.8 Å². The zero-order chi connectivity index (χ0) is 10.6. The minimum atomic E-state index is -0.173. The zero-order valence-electron chi connectivity index (χ0n) is 8.83. The highest BCUT2D eigenvalue weighted by molar-refractivity contribution is 5.92. The van der Waals surface area contributed by atoms with Gasteiger partial charge in [0, 0.05) is 6.54 Å². The maximum atomic E-state index is 11.5. The Labute approximate surface area is 83.7 Å². The quantitative estimate of drug-likeness (QED) is 0.800. The van der Waals surface area contributed by atoms with E-state index in [4.69, 9.17) is 4.42 Å². The molecule has 0 aliphatic rings. The maximum absolute atomic E-state index is 11.5. The highest BCUT2D eigenvalue weighted by Crippen LogP contribution is 2.16. The van der Waals surface area contributed by atoms with Crippen molar-refractivity contribution >= 4 is 5.91 Å². The van der Waals surface area contributed by atoms with Gasteiger partial charge in [0.25, 0.3) is 5.91 Å². The summed E-state index contributed by atoms with van der Waals surface area (Å²) >= 11 is 0. The van der Waals surface area contributed by atoms with Gasteiger partial charge in [-0.1, -0.05) is 20.8 Å². The van der Waals surface area contributed by atoms with Crippen LogP contribution in [0.4, 0.5) is 0 Å². The number of carbonyl (C=O) groups is 1. The van der Waals surface area contributed by atoms with Gasteiger partial charge >= 0.3 is 0 Å². The first-order valence-corrected chi connectivity index (χ1v) is 4.88. The molecular weight excluding hydrogens is 180 g/mol. The van der Waals surface area contributed by atoms with Crippen LogP contribution in [0.25, 0.3) is 0 Å². The lowest BCUT2D eigenvalue weighted by Gasteiger charge is -2.04. The third-order valence-corrected chi connectivity index (χ3v) is 1.88. The molecule has 0 aromatic carbocycles. The Bertz CT molecular complexity index is 305. The largest absolute Gasteiger partial charge is 0.438 e. The predicted octanol–water partition coefficient (Wildman–Crippen LogP) is 1.94. The average Bonchev–Trinajstić information content (AvgIpc) is 2.62. The second-order valence-electron chi connectivity index (χ2n) is 3.48. The van der Waals surface area contributed by atoms with Crippen molar-refractivity contribution in [1.29, 1.82) is 0 Å². The van der Waals surface area contributed by atoms with Gasteiger partial charge in [-0.15, -0.1) is 0 Å². The topological polar surface area (TPSA) is 55.1 Å². The van der Waals surface area contributed by atoms with E-state index in [0.717, 1.165) is 12.1 Å². The predicted molar refractivity (Wildman–Crippen MR) is 53.2 cm³/mol. The van der Waals surface area contributed by atoms with Crippen LogP contribution in [0.15, 0.2) is 10.8 Å². The van der Waals surface area contributed by atoms with Crippen molar-refractivity contribution < 1.29 is 9.21 Å². The van der Waals surface area contributed by atoms with E-state index in [-0.39, 0.29) is 11.8 Å². The van der Waals surface area contributed by atoms with Crippen molar-refractivity contribution in [3.8, 4) is 0 Å². The Morgan fingerprint density at radius 3 is 2.93 bits per heavy atom. The summed E-state index contributed by atoms with van der Waals surface area (Å²) in [5, 5.41) is 2.76. The van der Waals surface area contributed by atoms with Gasteiger partial charge in [0.15, 0.2) is 6.39 Å². The second kappa shape index (κ2) is 4.79. The molecule has 1 rings (SSSR count). The SMILES string of the molecule is CCCNC(=O)c1ocnc1C(C)C. The van der Waals surface area contributed by atoms with Crippen molar-refractivity contribution in [2.24, 2.45) is 0 Å². The average molecular weight is 196 g/mol. The smallest absolute Gasteiger partial charge is 0.289 e. The number of aromatic nitrogens is 1. The van der Waals surface area contributed by atoms with Crippen molar-refractivity contribution in [3.05, 3.63) is 17.8 Å². The van der Waals surface area contributed by atoms with Crippen LogP contribution in [0, 0.1) is 0 Å². The number of amides is 1. The molecule has 0 radical (unpaired) electrons. The van der Waals surface area contributed by atoms with Crippen molar-refractivity contribution in [2.45, 2.75) is 33.1 Å². The summed E-state index contributed by atoms with van der Waals surface area (Å²) < 4.78 is 5.06. The molecule has 4 heteroatoms. The molecule has 0 bridgehead atoms. The normalized spacial score (nSPS) is 10.6. The van der Waals surface area contributed by atoms with Crippen LogP contribution in [0.2, 0.25) is 0 Å². The van der Waals surface area contributed by atoms with E-state index in [9.17, 15) is 4.79 Å². The molecule has 0 fully saturated rings. The molecule has 78 valence electrons. The second-order valence-corrected chi connectivity index (χ2v) is 3.48. The summed E-state index contributed by atoms with van der Waals surface area (Å²) in [6.45, 7) is 6.63. The van der Waals surface area contributed by atoms with Crippen molar-refractivity contribution in [1.82, 2.24) is 10.3 Å². The van der Waals surface area contributed by atoms with Crippen LogP contribution in [0.5, 0.6) is 0 Å². The first-order valence-electron chi connectivity index (χ1n) is 4.88. The first-order chi connectivity index (χ1) is 6.66. The van der Waals surface area contributed by atoms with Gasteiger partial charge in [0.1, 0.15) is 0 Å². The molecule has 0 aliphatic heterocycles. The summed E-state index contributed by atoms with van der Waals surface area (Å²) in [5.41, 5.74) is 0.721. The number of hydrogen-bond donors (Lipinski definition) is 1. The molecule has 0 saturated carbocycles. The fourth-order valence-corrected chi connectivity index (χ4v) is 1.15. The lowest BCUT2D eigenvalue weighted by Crippen LogP contribution is -2.24. The van der Waals surface area contributed by atoms with Gasteiger partial charge in [-0.3, -0.25) is 4.79 Å². The molecule has 1 aromatic rings. The number of carbonyl (C=O) groups excluding carboxylic acids is 1. The number of nitrogens with one attached hydrogen (secondary N) is 1. The zero-order valence-corrected chi connectivity index (χ0v) is 8.83. The highest BCUT2D eigenvalue weighted by atomic mass is 16.3. The van der Waals surface area contributed by atoms with Crippen molar-refractivity contribution in [2.75, 3.05) is 6.54 Å². The summed E-state index contributed by atoms with van der Waals surface area (Å²) in [7, 11) is 0. The van der Waals surface area contributed by atoms with E-state index in [2.05, 4.69) is 10.3 Å². The standard InChI is InChI=1S/C10H16N2O2/c1-4-5-11-10(13)9-8(7(2)3)12-6-14-9/h6-7H,4-5H2,1-3H3,(H,11,13). The summed E-state index contributed by atoms with van der Waals surface area (Å²) in [4.78, 5) is 15.6. The molecule has 1 aromatic heterocycles. The fraction of sp³-hybridized carbons (Fsp3) is 0.600. The van der Waals surface area contributed by atoms with Crippen LogP contribution in [-0.4, -0.2) is 17.4 Å². The van der Waals surface area contributed by atoms with Gasteiger partial charge < -0.3 is 9.73 Å². The third kappa shape index (κ3) is 2.34. The van der Waals surface area contributed by atoms with Gasteiger partial charge in [-0.25, -0.2) is 4.98 Å². The molecule has 0 saturated heterocycles. The lowest BCUT2D eigenvalue weighted by molar-refractivity contribution is 0.0924. The monoisotopic (exact) mass is 196 g/mol. The molecule has 0 aliphatic carbocycles. The minimum Gasteiger partial charge on any atom is -0.438 e. The molecular formula is C10H16N2O2. The van der Waals surface area contributed by atoms with Crippen LogP contribution in [0.1, 0.15) is 49.4 Å². The molecule has 0 atom stereocenters. The Hall–Kier alpha value is -1.32. The van der Waals surface area contributed by atoms with E-state index >= 15 is 0 Å². The van der Waals surface area contributed by atoms with Crippen LogP contribution < -0.4 is 5.32 Å². The number of nitrogens with zero attached hydrogens (tertiary/aromatic N) is 1. The van der Waals surface area contributed by atoms with Gasteiger partial charge in [0.05, 0.1) is 5.69 Å². The molecule has 14 heavy (non-hydrogen) atoms. The minimum absolute atomic E-state index is 0.173. The molecule has 1 N–H and O–H groups in total. The van der Waals surface area contributed by atoms with E-state index in [1.54, 1.807) is 0 Å².